The van der Waals surface area contributed by atoms with Gasteiger partial charge in [0, 0.05) is 11.3 Å². The van der Waals surface area contributed by atoms with E-state index in [0.717, 1.165) is 6.42 Å². The summed E-state index contributed by atoms with van der Waals surface area (Å²) in [5.74, 6) is -1.90. The van der Waals surface area contributed by atoms with Gasteiger partial charge >= 0.3 is 5.97 Å². The van der Waals surface area contributed by atoms with Gasteiger partial charge in [0.15, 0.2) is 0 Å². The first kappa shape index (κ1) is 18.4. The fraction of sp³-hybridized carbons (Fsp3) is 0.900. The van der Waals surface area contributed by atoms with Gasteiger partial charge in [-0.25, -0.2) is 0 Å². The molecule has 9 atom stereocenters. The molecule has 0 radical (unpaired) electrons. The highest BCUT2D eigenvalue weighted by molar-refractivity contribution is 5.91. The van der Waals surface area contributed by atoms with Crippen LogP contribution < -0.4 is 0 Å². The van der Waals surface area contributed by atoms with Crippen molar-refractivity contribution in [2.45, 2.75) is 64.6 Å². The maximum Gasteiger partial charge on any atom is 0.309 e. The zero-order chi connectivity index (χ0) is 19.1. The lowest BCUT2D eigenvalue weighted by Crippen LogP contribution is -2.68. The number of Topliss-reactive ketones (excluding diaryl/α,β-unsaturated/α-hetero) is 1. The molecule has 4 saturated carbocycles. The third-order valence-electron chi connectivity index (χ3n) is 9.08. The molecule has 0 saturated heterocycles. The van der Waals surface area contributed by atoms with Gasteiger partial charge < -0.3 is 20.4 Å². The summed E-state index contributed by atoms with van der Waals surface area (Å²) >= 11 is 0. The van der Waals surface area contributed by atoms with E-state index in [1.54, 1.807) is 6.92 Å². The molecule has 4 aliphatic carbocycles. The fourth-order valence-electron chi connectivity index (χ4n) is 7.64. The Bertz CT molecular complexity index is 648. The first-order valence-electron chi connectivity index (χ1n) is 9.88. The van der Waals surface area contributed by atoms with Gasteiger partial charge in [0.1, 0.15) is 5.78 Å². The molecular formula is C20H30O6. The zero-order valence-electron chi connectivity index (χ0n) is 15.5. The number of fused-ring (bicyclic) bond motifs is 3. The van der Waals surface area contributed by atoms with Gasteiger partial charge in [0.05, 0.1) is 29.6 Å². The van der Waals surface area contributed by atoms with E-state index in [9.17, 15) is 30.0 Å². The van der Waals surface area contributed by atoms with Gasteiger partial charge in [-0.05, 0) is 63.2 Å². The molecule has 1 spiro atoms. The van der Waals surface area contributed by atoms with Crippen molar-refractivity contribution in [2.24, 2.45) is 39.9 Å². The van der Waals surface area contributed by atoms with Gasteiger partial charge in [-0.2, -0.15) is 0 Å². The third-order valence-corrected chi connectivity index (χ3v) is 9.08. The Morgan fingerprint density at radius 2 is 1.81 bits per heavy atom. The van der Waals surface area contributed by atoms with Crippen molar-refractivity contribution >= 4 is 11.8 Å². The quantitative estimate of drug-likeness (QED) is 0.584. The van der Waals surface area contributed by atoms with E-state index in [4.69, 9.17) is 0 Å². The van der Waals surface area contributed by atoms with Crippen LogP contribution >= 0.6 is 0 Å². The maximum absolute atomic E-state index is 13.3. The van der Waals surface area contributed by atoms with Crippen LogP contribution in [0.2, 0.25) is 0 Å². The van der Waals surface area contributed by atoms with Crippen LogP contribution in [0.3, 0.4) is 0 Å². The first-order chi connectivity index (χ1) is 12.1. The minimum Gasteiger partial charge on any atom is -0.481 e. The van der Waals surface area contributed by atoms with Crippen LogP contribution in [0.25, 0.3) is 0 Å². The minimum atomic E-state index is -1.01. The molecule has 0 heterocycles. The monoisotopic (exact) mass is 366 g/mol. The standard InChI is InChI=1S/C20H30O6/c1-18(17(25)26)6-5-14(22)19(2)12-4-3-10-8-20(12,15(23)7-13(18)19)16(24)11(10)9-21/h10-15,21-23H,3-9H2,1-2H3,(H,25,26)/t10-,11-,12+,13-,14+,15+,18-,19+,20-/m1/s1. The number of carboxylic acid groups (broad SMARTS) is 1. The van der Waals surface area contributed by atoms with E-state index in [-0.39, 0.29) is 36.6 Å². The van der Waals surface area contributed by atoms with Crippen molar-refractivity contribution in [3.05, 3.63) is 0 Å². The fourth-order valence-corrected chi connectivity index (χ4v) is 7.64. The Hall–Kier alpha value is -0.980. The minimum absolute atomic E-state index is 0.0607. The average Bonchev–Trinajstić information content (AvgIpc) is 2.81. The number of carbonyl (C=O) groups is 2. The van der Waals surface area contributed by atoms with Crippen molar-refractivity contribution < 1.29 is 30.0 Å². The molecule has 6 heteroatoms. The predicted molar refractivity (Wildman–Crippen MR) is 92.1 cm³/mol. The highest BCUT2D eigenvalue weighted by Crippen LogP contribution is 2.71. The normalized spacial score (nSPS) is 56.0. The number of carbonyl (C=O) groups excluding carboxylic acids is 1. The summed E-state index contributed by atoms with van der Waals surface area (Å²) in [5, 5.41) is 41.8. The van der Waals surface area contributed by atoms with E-state index >= 15 is 0 Å². The number of aliphatic hydroxyl groups is 3. The van der Waals surface area contributed by atoms with Crippen molar-refractivity contribution in [3.63, 3.8) is 0 Å². The lowest BCUT2D eigenvalue weighted by molar-refractivity contribution is -0.234. The molecule has 0 amide bonds. The van der Waals surface area contributed by atoms with E-state index < -0.39 is 40.3 Å². The van der Waals surface area contributed by atoms with Crippen LogP contribution in [0.1, 0.15) is 52.4 Å². The van der Waals surface area contributed by atoms with E-state index in [2.05, 4.69) is 0 Å². The van der Waals surface area contributed by atoms with Crippen molar-refractivity contribution in [1.29, 1.82) is 0 Å². The number of carboxylic acids is 1. The molecule has 26 heavy (non-hydrogen) atoms. The number of rotatable bonds is 2. The van der Waals surface area contributed by atoms with Gasteiger partial charge in [-0.15, -0.1) is 0 Å². The number of hydrogen-bond donors (Lipinski definition) is 4. The molecule has 146 valence electrons. The maximum atomic E-state index is 13.3. The van der Waals surface area contributed by atoms with Gasteiger partial charge in [-0.1, -0.05) is 6.92 Å². The Balaban J connectivity index is 1.85. The van der Waals surface area contributed by atoms with Crippen LogP contribution in [0.5, 0.6) is 0 Å². The third kappa shape index (κ3) is 1.88. The largest absolute Gasteiger partial charge is 0.481 e. The Morgan fingerprint density at radius 1 is 1.12 bits per heavy atom. The molecular weight excluding hydrogens is 336 g/mol. The molecule has 6 nitrogen and oxygen atoms in total. The summed E-state index contributed by atoms with van der Waals surface area (Å²) in [6.45, 7) is 3.48. The molecule has 0 aromatic rings. The van der Waals surface area contributed by atoms with Crippen LogP contribution in [0.4, 0.5) is 0 Å². The topological polar surface area (TPSA) is 115 Å². The summed E-state index contributed by atoms with van der Waals surface area (Å²) in [5.41, 5.74) is -2.65. The van der Waals surface area contributed by atoms with Crippen LogP contribution in [-0.2, 0) is 9.59 Å². The van der Waals surface area contributed by atoms with Crippen LogP contribution in [0.15, 0.2) is 0 Å². The summed E-state index contributed by atoms with van der Waals surface area (Å²) in [6, 6.07) is 0. The smallest absolute Gasteiger partial charge is 0.309 e. The molecule has 4 rings (SSSR count). The predicted octanol–water partition coefficient (Wildman–Crippen LogP) is 1.21. The SMILES string of the molecule is C[C@]12[C@@H]3CC[C@@H]4C[C@]3(C(=O)[C@@H]4CO)[C@@H](O)C[C@@H]1[C@](C)(C(=O)O)CC[C@@H]2O. The van der Waals surface area contributed by atoms with Crippen LogP contribution in [0, 0.1) is 39.9 Å². The second kappa shape index (κ2) is 5.52. The number of ketones is 1. The molecule has 4 aliphatic rings. The molecule has 2 bridgehead atoms. The van der Waals surface area contributed by atoms with Crippen LogP contribution in [-0.4, -0.2) is 51.0 Å². The Morgan fingerprint density at radius 3 is 2.42 bits per heavy atom. The van der Waals surface area contributed by atoms with E-state index in [0.29, 0.717) is 25.7 Å². The van der Waals surface area contributed by atoms with E-state index in [1.165, 1.54) is 0 Å². The van der Waals surface area contributed by atoms with Crippen molar-refractivity contribution in [3.8, 4) is 0 Å². The number of aliphatic carboxylic acids is 1. The molecule has 0 unspecified atom stereocenters. The average molecular weight is 366 g/mol. The lowest BCUT2D eigenvalue weighted by Gasteiger charge is -2.65. The van der Waals surface area contributed by atoms with Crippen molar-refractivity contribution in [2.75, 3.05) is 6.61 Å². The highest BCUT2D eigenvalue weighted by atomic mass is 16.4. The lowest BCUT2D eigenvalue weighted by atomic mass is 9.39. The highest BCUT2D eigenvalue weighted by Gasteiger charge is 2.73. The molecule has 4 fully saturated rings. The van der Waals surface area contributed by atoms with Gasteiger partial charge in [0.25, 0.3) is 0 Å². The van der Waals surface area contributed by atoms with Gasteiger partial charge in [-0.3, -0.25) is 9.59 Å². The Labute approximate surface area is 153 Å². The van der Waals surface area contributed by atoms with Gasteiger partial charge in [0.2, 0.25) is 0 Å². The number of hydrogen-bond acceptors (Lipinski definition) is 5. The summed E-state index contributed by atoms with van der Waals surface area (Å²) in [4.78, 5) is 25.4. The molecule has 0 aliphatic heterocycles. The molecule has 4 N–H and O–H groups in total. The molecule has 0 aromatic carbocycles. The number of aliphatic hydroxyl groups excluding tert-OH is 3. The Kier molecular flexibility index (Phi) is 3.90. The summed E-state index contributed by atoms with van der Waals surface area (Å²) in [6.07, 6.45) is 1.48. The zero-order valence-corrected chi connectivity index (χ0v) is 15.5. The second-order valence-corrected chi connectivity index (χ2v) is 9.74. The summed E-state index contributed by atoms with van der Waals surface area (Å²) in [7, 11) is 0. The second-order valence-electron chi connectivity index (χ2n) is 9.74. The summed E-state index contributed by atoms with van der Waals surface area (Å²) < 4.78 is 0. The first-order valence-corrected chi connectivity index (χ1v) is 9.88. The molecule has 0 aromatic heterocycles. The van der Waals surface area contributed by atoms with E-state index in [1.807, 2.05) is 6.92 Å². The van der Waals surface area contributed by atoms with Crippen molar-refractivity contribution in [1.82, 2.24) is 0 Å².